The van der Waals surface area contributed by atoms with Gasteiger partial charge in [0.1, 0.15) is 5.82 Å². The average molecular weight is 506 g/mol. The van der Waals surface area contributed by atoms with Crippen LogP contribution in [0.1, 0.15) is 49.7 Å². The Morgan fingerprint density at radius 3 is 2.68 bits per heavy atom. The molecule has 1 spiro atoms. The van der Waals surface area contributed by atoms with Crippen molar-refractivity contribution in [1.82, 2.24) is 10.6 Å². The first-order chi connectivity index (χ1) is 16.1. The van der Waals surface area contributed by atoms with E-state index in [1.807, 2.05) is 0 Å². The van der Waals surface area contributed by atoms with Crippen LogP contribution in [0.4, 0.5) is 10.1 Å². The Hall–Kier alpha value is -2.19. The minimum absolute atomic E-state index is 0.0667. The normalized spacial score (nSPS) is 32.5. The lowest BCUT2D eigenvalue weighted by Gasteiger charge is -2.35. The van der Waals surface area contributed by atoms with Crippen molar-refractivity contribution < 1.29 is 19.1 Å². The summed E-state index contributed by atoms with van der Waals surface area (Å²) in [6.45, 7) is 1.95. The third kappa shape index (κ3) is 3.79. The maximum atomic E-state index is 15.4. The fraction of sp³-hybridized carbons (Fsp3) is 0.440. The van der Waals surface area contributed by atoms with E-state index in [1.54, 1.807) is 37.3 Å². The van der Waals surface area contributed by atoms with Crippen molar-refractivity contribution in [1.29, 1.82) is 0 Å². The Morgan fingerprint density at radius 2 is 1.94 bits per heavy atom. The molecule has 0 radical (unpaired) electrons. The number of benzene rings is 2. The molecule has 2 aromatic rings. The number of carbonyl (C=O) groups is 2. The van der Waals surface area contributed by atoms with Gasteiger partial charge in [-0.2, -0.15) is 0 Å². The standard InChI is InChI=1S/C25H26Cl2FN3O3/c1-24(34)9-7-14(8-10-24)30-22(32)21-19(15-3-2-4-17(27)20(15)28)25(12-29-21)16-6-5-13(26)11-18(16)31-23(25)33/h2-6,11,14,19,21,29,34H,7-10,12H2,1H3,(H,30,32)(H,31,33)/t14?,19-,21+,24?,25+/m0/s1. The third-order valence-electron chi connectivity index (χ3n) is 7.59. The number of hydrogen-bond donors (Lipinski definition) is 4. The summed E-state index contributed by atoms with van der Waals surface area (Å²) in [7, 11) is 0. The van der Waals surface area contributed by atoms with E-state index in [-0.39, 0.29) is 35.0 Å². The maximum absolute atomic E-state index is 15.4. The van der Waals surface area contributed by atoms with Crippen molar-refractivity contribution >= 4 is 40.7 Å². The van der Waals surface area contributed by atoms with Crippen molar-refractivity contribution in [2.24, 2.45) is 0 Å². The molecule has 0 bridgehead atoms. The molecule has 6 nitrogen and oxygen atoms in total. The predicted molar refractivity (Wildman–Crippen MR) is 129 cm³/mol. The van der Waals surface area contributed by atoms with E-state index in [2.05, 4.69) is 16.0 Å². The minimum Gasteiger partial charge on any atom is -0.390 e. The second-order valence-electron chi connectivity index (χ2n) is 9.87. The summed E-state index contributed by atoms with van der Waals surface area (Å²) in [5.74, 6) is -2.09. The number of nitrogens with one attached hydrogen (secondary N) is 3. The average Bonchev–Trinajstić information content (AvgIpc) is 3.30. The lowest BCUT2D eigenvalue weighted by molar-refractivity contribution is -0.125. The number of aliphatic hydroxyl groups is 1. The first kappa shape index (κ1) is 23.5. The first-order valence-electron chi connectivity index (χ1n) is 11.4. The van der Waals surface area contributed by atoms with Crippen molar-refractivity contribution in [3.05, 3.63) is 63.4 Å². The molecule has 2 fully saturated rings. The summed E-state index contributed by atoms with van der Waals surface area (Å²) >= 11 is 12.3. The van der Waals surface area contributed by atoms with Gasteiger partial charge in [-0.05, 0) is 61.9 Å². The zero-order valence-corrected chi connectivity index (χ0v) is 20.1. The Kier molecular flexibility index (Phi) is 5.88. The van der Waals surface area contributed by atoms with Crippen molar-refractivity contribution in [3.8, 4) is 0 Å². The van der Waals surface area contributed by atoms with E-state index in [9.17, 15) is 14.7 Å². The molecular formula is C25H26Cl2FN3O3. The van der Waals surface area contributed by atoms with Gasteiger partial charge < -0.3 is 21.1 Å². The monoisotopic (exact) mass is 505 g/mol. The highest BCUT2D eigenvalue weighted by atomic mass is 35.5. The lowest BCUT2D eigenvalue weighted by atomic mass is 9.68. The Morgan fingerprint density at radius 1 is 1.21 bits per heavy atom. The zero-order valence-electron chi connectivity index (χ0n) is 18.6. The number of rotatable bonds is 3. The van der Waals surface area contributed by atoms with Crippen LogP contribution in [0.2, 0.25) is 10.0 Å². The zero-order chi connectivity index (χ0) is 24.3. The Labute approximate surface area is 207 Å². The summed E-state index contributed by atoms with van der Waals surface area (Å²) in [4.78, 5) is 27.0. The van der Waals surface area contributed by atoms with Gasteiger partial charge in [0.05, 0.1) is 22.1 Å². The topological polar surface area (TPSA) is 90.5 Å². The summed E-state index contributed by atoms with van der Waals surface area (Å²) < 4.78 is 15.4. The molecule has 180 valence electrons. The van der Waals surface area contributed by atoms with Gasteiger partial charge in [-0.25, -0.2) is 4.39 Å². The summed E-state index contributed by atoms with van der Waals surface area (Å²) in [6, 6.07) is 8.81. The number of carbonyl (C=O) groups excluding carboxylic acids is 2. The number of anilines is 1. The second kappa shape index (κ2) is 8.48. The molecule has 3 atom stereocenters. The van der Waals surface area contributed by atoms with E-state index < -0.39 is 28.8 Å². The van der Waals surface area contributed by atoms with Crippen LogP contribution in [0.15, 0.2) is 36.4 Å². The van der Waals surface area contributed by atoms with E-state index in [1.165, 1.54) is 6.07 Å². The molecule has 1 saturated carbocycles. The molecule has 2 amide bonds. The molecule has 2 aromatic carbocycles. The van der Waals surface area contributed by atoms with Crippen molar-refractivity contribution in [3.63, 3.8) is 0 Å². The van der Waals surface area contributed by atoms with Gasteiger partial charge in [0, 0.05) is 29.2 Å². The van der Waals surface area contributed by atoms with Gasteiger partial charge in [-0.3, -0.25) is 9.59 Å². The Balaban J connectivity index is 1.54. The summed E-state index contributed by atoms with van der Waals surface area (Å²) in [6.07, 6.45) is 2.47. The van der Waals surface area contributed by atoms with Gasteiger partial charge in [0.2, 0.25) is 11.8 Å². The van der Waals surface area contributed by atoms with Gasteiger partial charge >= 0.3 is 0 Å². The van der Waals surface area contributed by atoms with Gasteiger partial charge in [0.25, 0.3) is 0 Å². The molecule has 1 aliphatic carbocycles. The molecule has 2 aliphatic heterocycles. The van der Waals surface area contributed by atoms with E-state index in [4.69, 9.17) is 23.2 Å². The molecule has 4 N–H and O–H groups in total. The molecule has 0 aromatic heterocycles. The van der Waals surface area contributed by atoms with Crippen molar-refractivity contribution in [2.45, 2.75) is 61.6 Å². The van der Waals surface area contributed by atoms with Crippen LogP contribution in [0.5, 0.6) is 0 Å². The van der Waals surface area contributed by atoms with Gasteiger partial charge in [-0.15, -0.1) is 0 Å². The fourth-order valence-electron chi connectivity index (χ4n) is 5.76. The van der Waals surface area contributed by atoms with Crippen molar-refractivity contribution in [2.75, 3.05) is 11.9 Å². The first-order valence-corrected chi connectivity index (χ1v) is 12.2. The van der Waals surface area contributed by atoms with Crippen LogP contribution in [0, 0.1) is 5.82 Å². The lowest BCUT2D eigenvalue weighted by Crippen LogP contribution is -2.50. The molecule has 34 heavy (non-hydrogen) atoms. The largest absolute Gasteiger partial charge is 0.390 e. The fourth-order valence-corrected chi connectivity index (χ4v) is 6.11. The van der Waals surface area contributed by atoms with E-state index in [0.717, 1.165) is 0 Å². The van der Waals surface area contributed by atoms with Gasteiger partial charge in [-0.1, -0.05) is 41.4 Å². The second-order valence-corrected chi connectivity index (χ2v) is 10.7. The predicted octanol–water partition coefficient (Wildman–Crippen LogP) is 3.89. The molecule has 1 saturated heterocycles. The molecular weight excluding hydrogens is 480 g/mol. The molecule has 2 heterocycles. The SMILES string of the molecule is CC1(O)CCC(NC(=O)[C@@H]2NC[C@]3(C(=O)Nc4cc(Cl)ccc43)[C@H]2c2cccc(Cl)c2F)CC1. The molecule has 9 heteroatoms. The summed E-state index contributed by atoms with van der Waals surface area (Å²) in [5.41, 5.74) is -0.493. The Bertz CT molecular complexity index is 1160. The van der Waals surface area contributed by atoms with Crippen LogP contribution in [-0.2, 0) is 15.0 Å². The smallest absolute Gasteiger partial charge is 0.238 e. The van der Waals surface area contributed by atoms with Gasteiger partial charge in [0.15, 0.2) is 0 Å². The summed E-state index contributed by atoms with van der Waals surface area (Å²) in [5, 5.41) is 19.8. The number of fused-ring (bicyclic) bond motifs is 2. The quantitative estimate of drug-likeness (QED) is 0.509. The van der Waals surface area contributed by atoms with Crippen LogP contribution < -0.4 is 16.0 Å². The highest BCUT2D eigenvalue weighted by molar-refractivity contribution is 6.31. The van der Waals surface area contributed by atoms with E-state index >= 15 is 4.39 Å². The third-order valence-corrected chi connectivity index (χ3v) is 8.12. The van der Waals surface area contributed by atoms with Crippen LogP contribution in [-0.4, -0.2) is 41.2 Å². The molecule has 5 rings (SSSR count). The molecule has 3 aliphatic rings. The number of halogens is 3. The molecule has 0 unspecified atom stereocenters. The number of hydrogen-bond acceptors (Lipinski definition) is 4. The highest BCUT2D eigenvalue weighted by Gasteiger charge is 2.61. The van der Waals surface area contributed by atoms with Crippen LogP contribution >= 0.6 is 23.2 Å². The van der Waals surface area contributed by atoms with Crippen LogP contribution in [0.25, 0.3) is 0 Å². The van der Waals surface area contributed by atoms with E-state index in [0.29, 0.717) is 42.0 Å². The van der Waals surface area contributed by atoms with Crippen LogP contribution in [0.3, 0.4) is 0 Å². The highest BCUT2D eigenvalue weighted by Crippen LogP contribution is 2.52. The number of amides is 2. The maximum Gasteiger partial charge on any atom is 0.238 e. The minimum atomic E-state index is -1.20.